The summed E-state index contributed by atoms with van der Waals surface area (Å²) in [4.78, 5) is 19.7. The molecule has 3 aliphatic rings. The molecule has 0 amide bonds. The number of esters is 1. The Morgan fingerprint density at radius 2 is 1.77 bits per heavy atom. The molecule has 3 aromatic rings. The summed E-state index contributed by atoms with van der Waals surface area (Å²) in [7, 11) is 0. The lowest BCUT2D eigenvalue weighted by Gasteiger charge is -2.49. The Morgan fingerprint density at radius 1 is 1.03 bits per heavy atom. The summed E-state index contributed by atoms with van der Waals surface area (Å²) in [5, 5.41) is 4.21. The standard InChI is InChI=1S/C29H33N3O3/c33-28(29(15-8-3-9-16-29)23-12-6-2-7-13-23)34-25-18-22-19-32(17-14-24(22)25)20-26-30-27(35-31-26)21-10-4-1-5-11-21/h1-2,4-7,10-13,22,24-25H,3,8-9,14-20H2/p+1/t22?,24-,25-/m0/s1. The van der Waals surface area contributed by atoms with Crippen LogP contribution in [0.1, 0.15) is 56.3 Å². The molecule has 3 fully saturated rings. The first-order valence-corrected chi connectivity index (χ1v) is 13.2. The lowest BCUT2D eigenvalue weighted by atomic mass is 9.66. The van der Waals surface area contributed by atoms with Crippen molar-refractivity contribution in [3.8, 4) is 11.5 Å². The maximum Gasteiger partial charge on any atom is 0.316 e. The van der Waals surface area contributed by atoms with Gasteiger partial charge in [-0.25, -0.2) is 0 Å². The Bertz CT molecular complexity index is 1140. The number of hydrogen-bond acceptors (Lipinski definition) is 5. The molecule has 2 heterocycles. The monoisotopic (exact) mass is 472 g/mol. The molecule has 6 nitrogen and oxygen atoms in total. The first kappa shape index (κ1) is 22.5. The van der Waals surface area contributed by atoms with E-state index >= 15 is 0 Å². The van der Waals surface area contributed by atoms with E-state index in [-0.39, 0.29) is 12.1 Å². The molecule has 2 aromatic carbocycles. The van der Waals surface area contributed by atoms with E-state index in [0.29, 0.717) is 17.7 Å². The number of fused-ring (bicyclic) bond motifs is 1. The lowest BCUT2D eigenvalue weighted by molar-refractivity contribution is -0.926. The third-order valence-corrected chi connectivity index (χ3v) is 8.58. The predicted molar refractivity (Wildman–Crippen MR) is 131 cm³/mol. The van der Waals surface area contributed by atoms with Crippen molar-refractivity contribution in [2.75, 3.05) is 13.1 Å². The van der Waals surface area contributed by atoms with Crippen LogP contribution in [0.25, 0.3) is 11.5 Å². The highest BCUT2D eigenvalue weighted by Gasteiger charge is 2.51. The Labute approximate surface area is 206 Å². The van der Waals surface area contributed by atoms with E-state index in [9.17, 15) is 4.79 Å². The molecule has 2 unspecified atom stereocenters. The highest BCUT2D eigenvalue weighted by molar-refractivity contribution is 5.83. The molecular formula is C29H34N3O3+. The summed E-state index contributed by atoms with van der Waals surface area (Å²) in [6, 6.07) is 20.2. The van der Waals surface area contributed by atoms with Gasteiger partial charge < -0.3 is 14.2 Å². The Morgan fingerprint density at radius 3 is 2.51 bits per heavy atom. The van der Waals surface area contributed by atoms with Gasteiger partial charge in [0.25, 0.3) is 5.89 Å². The number of nitrogens with one attached hydrogen (secondary N) is 1. The Hall–Kier alpha value is -2.99. The summed E-state index contributed by atoms with van der Waals surface area (Å²) < 4.78 is 11.8. The van der Waals surface area contributed by atoms with Crippen LogP contribution in [-0.4, -0.2) is 35.3 Å². The molecule has 35 heavy (non-hydrogen) atoms. The third-order valence-electron chi connectivity index (χ3n) is 8.58. The number of benzene rings is 2. The highest BCUT2D eigenvalue weighted by atomic mass is 16.5. The van der Waals surface area contributed by atoms with Crippen LogP contribution in [0.3, 0.4) is 0 Å². The van der Waals surface area contributed by atoms with Crippen LogP contribution in [0.2, 0.25) is 0 Å². The summed E-state index contributed by atoms with van der Waals surface area (Å²) in [6.07, 6.45) is 7.36. The summed E-state index contributed by atoms with van der Waals surface area (Å²) in [5.74, 6) is 2.46. The molecule has 2 aliphatic carbocycles. The van der Waals surface area contributed by atoms with Crippen LogP contribution in [-0.2, 0) is 21.5 Å². The van der Waals surface area contributed by atoms with E-state index in [1.165, 1.54) is 11.3 Å². The molecule has 1 aliphatic heterocycles. The minimum Gasteiger partial charge on any atom is -0.461 e. The molecule has 0 radical (unpaired) electrons. The van der Waals surface area contributed by atoms with Gasteiger partial charge in [-0.05, 0) is 37.0 Å². The average Bonchev–Trinajstić information content (AvgIpc) is 3.37. The van der Waals surface area contributed by atoms with Gasteiger partial charge in [-0.3, -0.25) is 4.79 Å². The number of piperidine rings is 1. The number of hydrogen-bond donors (Lipinski definition) is 1. The summed E-state index contributed by atoms with van der Waals surface area (Å²) in [5.41, 5.74) is 1.63. The minimum absolute atomic E-state index is 0.0156. The van der Waals surface area contributed by atoms with Crippen molar-refractivity contribution in [1.82, 2.24) is 10.1 Å². The molecule has 1 N–H and O–H groups in total. The van der Waals surface area contributed by atoms with Crippen molar-refractivity contribution in [3.63, 3.8) is 0 Å². The second-order valence-electron chi connectivity index (χ2n) is 10.7. The molecule has 2 saturated carbocycles. The normalized spacial score (nSPS) is 27.4. The quantitative estimate of drug-likeness (QED) is 0.550. The van der Waals surface area contributed by atoms with Crippen molar-refractivity contribution in [2.24, 2.45) is 11.8 Å². The fourth-order valence-corrected chi connectivity index (χ4v) is 6.57. The first-order valence-electron chi connectivity index (χ1n) is 13.2. The van der Waals surface area contributed by atoms with E-state index in [2.05, 4.69) is 22.3 Å². The number of likely N-dealkylation sites (tertiary alicyclic amines) is 1. The van der Waals surface area contributed by atoms with Crippen LogP contribution in [0.4, 0.5) is 0 Å². The van der Waals surface area contributed by atoms with Gasteiger partial charge in [0.2, 0.25) is 5.82 Å². The largest absolute Gasteiger partial charge is 0.461 e. The number of carbonyl (C=O) groups is 1. The number of rotatable bonds is 6. The van der Waals surface area contributed by atoms with Gasteiger partial charge in [-0.1, -0.05) is 73.0 Å². The molecule has 0 spiro atoms. The number of aromatic nitrogens is 2. The van der Waals surface area contributed by atoms with Crippen LogP contribution in [0.5, 0.6) is 0 Å². The van der Waals surface area contributed by atoms with Gasteiger partial charge in [-0.15, -0.1) is 0 Å². The maximum atomic E-state index is 13.6. The van der Waals surface area contributed by atoms with E-state index < -0.39 is 5.41 Å². The van der Waals surface area contributed by atoms with Gasteiger partial charge in [-0.2, -0.15) is 4.98 Å². The zero-order chi connectivity index (χ0) is 23.7. The Balaban J connectivity index is 1.05. The fraction of sp³-hybridized carbons (Fsp3) is 0.483. The predicted octanol–water partition coefficient (Wildman–Crippen LogP) is 3.98. The van der Waals surface area contributed by atoms with Crippen LogP contribution in [0, 0.1) is 11.8 Å². The van der Waals surface area contributed by atoms with Crippen molar-refractivity contribution in [2.45, 2.75) is 63.0 Å². The maximum absolute atomic E-state index is 13.6. The van der Waals surface area contributed by atoms with Crippen molar-refractivity contribution < 1.29 is 19.0 Å². The smallest absolute Gasteiger partial charge is 0.316 e. The van der Waals surface area contributed by atoms with Crippen molar-refractivity contribution in [3.05, 3.63) is 72.1 Å². The van der Waals surface area contributed by atoms with E-state index in [0.717, 1.165) is 75.1 Å². The molecular weight excluding hydrogens is 438 g/mol. The summed E-state index contributed by atoms with van der Waals surface area (Å²) >= 11 is 0. The van der Waals surface area contributed by atoms with E-state index in [1.807, 2.05) is 48.5 Å². The third kappa shape index (κ3) is 4.40. The van der Waals surface area contributed by atoms with Gasteiger partial charge in [0.15, 0.2) is 0 Å². The van der Waals surface area contributed by atoms with E-state index in [4.69, 9.17) is 9.26 Å². The fourth-order valence-electron chi connectivity index (χ4n) is 6.57. The van der Waals surface area contributed by atoms with Crippen molar-refractivity contribution in [1.29, 1.82) is 0 Å². The molecule has 6 heteroatoms. The van der Waals surface area contributed by atoms with Crippen LogP contribution in [0.15, 0.2) is 65.2 Å². The molecule has 1 aromatic heterocycles. The zero-order valence-electron chi connectivity index (χ0n) is 20.2. The molecule has 6 rings (SSSR count). The van der Waals surface area contributed by atoms with Crippen LogP contribution >= 0.6 is 0 Å². The van der Waals surface area contributed by atoms with Gasteiger partial charge in [0.05, 0.1) is 18.5 Å². The first-order chi connectivity index (χ1) is 17.2. The SMILES string of the molecule is O=C(O[C@H]1CC2C[NH+](Cc3noc(-c4ccccc4)n3)CC[C@@H]21)C1(c2ccccc2)CCCCC1. The second-order valence-corrected chi connectivity index (χ2v) is 10.7. The molecule has 182 valence electrons. The van der Waals surface area contributed by atoms with Crippen LogP contribution < -0.4 is 4.90 Å². The van der Waals surface area contributed by atoms with Gasteiger partial charge >= 0.3 is 5.97 Å². The number of carbonyl (C=O) groups excluding carboxylic acids is 1. The van der Waals surface area contributed by atoms with Gasteiger partial charge in [0, 0.05) is 23.8 Å². The molecule has 4 atom stereocenters. The minimum atomic E-state index is -0.453. The Kier molecular flexibility index (Phi) is 6.15. The zero-order valence-corrected chi connectivity index (χ0v) is 20.2. The molecule has 0 bridgehead atoms. The highest BCUT2D eigenvalue weighted by Crippen LogP contribution is 2.44. The summed E-state index contributed by atoms with van der Waals surface area (Å²) in [6.45, 7) is 2.91. The number of ether oxygens (including phenoxy) is 1. The lowest BCUT2D eigenvalue weighted by Crippen LogP contribution is -3.13. The average molecular weight is 473 g/mol. The van der Waals surface area contributed by atoms with Gasteiger partial charge in [0.1, 0.15) is 12.6 Å². The number of nitrogens with zero attached hydrogens (tertiary/aromatic N) is 2. The number of quaternary nitrogens is 1. The molecule has 1 saturated heterocycles. The second kappa shape index (κ2) is 9.57. The van der Waals surface area contributed by atoms with E-state index in [1.54, 1.807) is 0 Å². The topological polar surface area (TPSA) is 69.7 Å². The van der Waals surface area contributed by atoms with Crippen molar-refractivity contribution >= 4 is 5.97 Å².